The normalized spacial score (nSPS) is 13.8. The van der Waals surface area contributed by atoms with E-state index in [0.717, 1.165) is 18.6 Å². The lowest BCUT2D eigenvalue weighted by molar-refractivity contribution is -0.246. The molecule has 206 valence electrons. The van der Waals surface area contributed by atoms with Gasteiger partial charge in [0.1, 0.15) is 6.61 Å². The monoisotopic (exact) mass is 561 g/mol. The Bertz CT molecular complexity index is 1450. The van der Waals surface area contributed by atoms with Crippen molar-refractivity contribution in [2.75, 3.05) is 19.0 Å². The average molecular weight is 562 g/mol. The molecule has 40 heavy (non-hydrogen) atoms. The first kappa shape index (κ1) is 28.7. The molecule has 1 atom stereocenters. The van der Waals surface area contributed by atoms with Crippen LogP contribution in [0.3, 0.4) is 0 Å². The second-order valence-corrected chi connectivity index (χ2v) is 9.42. The van der Waals surface area contributed by atoms with Gasteiger partial charge in [0, 0.05) is 35.5 Å². The van der Waals surface area contributed by atoms with Crippen LogP contribution in [0.4, 0.5) is 5.69 Å². The Hall–Kier alpha value is -4.31. The van der Waals surface area contributed by atoms with Gasteiger partial charge in [0.2, 0.25) is 0 Å². The van der Waals surface area contributed by atoms with Crippen molar-refractivity contribution in [3.8, 4) is 0 Å². The van der Waals surface area contributed by atoms with Gasteiger partial charge in [-0.05, 0) is 54.8 Å². The number of carbonyl (C=O) groups excluding carboxylic acids is 3. The summed E-state index contributed by atoms with van der Waals surface area (Å²) in [6, 6.07) is 13.6. The number of ether oxygens (including phenoxy) is 1. The second-order valence-electron chi connectivity index (χ2n) is 9.01. The van der Waals surface area contributed by atoms with Crippen LogP contribution in [0.2, 0.25) is 5.02 Å². The minimum Gasteiger partial charge on any atom is -0.501 e. The van der Waals surface area contributed by atoms with Gasteiger partial charge in [0.05, 0.1) is 35.2 Å². The van der Waals surface area contributed by atoms with Crippen LogP contribution >= 0.6 is 11.6 Å². The van der Waals surface area contributed by atoms with Gasteiger partial charge in [0.15, 0.2) is 5.78 Å². The molecule has 1 aliphatic rings. The highest BCUT2D eigenvalue weighted by molar-refractivity contribution is 6.34. The van der Waals surface area contributed by atoms with Crippen molar-refractivity contribution >= 4 is 34.9 Å². The molecule has 2 amide bonds. The van der Waals surface area contributed by atoms with E-state index < -0.39 is 17.7 Å². The van der Waals surface area contributed by atoms with E-state index in [2.05, 4.69) is 20.5 Å². The first-order valence-electron chi connectivity index (χ1n) is 12.6. The number of methoxy groups -OCH3 is 1. The molecule has 1 aromatic heterocycles. The van der Waals surface area contributed by atoms with Gasteiger partial charge in [0.25, 0.3) is 11.8 Å². The molecule has 1 heterocycles. The molecular weight excluding hydrogens is 534 g/mol. The smallest absolute Gasteiger partial charge is 0.252 e. The molecule has 0 bridgehead atoms. The van der Waals surface area contributed by atoms with Gasteiger partial charge in [-0.3, -0.25) is 24.6 Å². The van der Waals surface area contributed by atoms with Gasteiger partial charge in [-0.2, -0.15) is 0 Å². The van der Waals surface area contributed by atoms with Crippen molar-refractivity contribution in [3.63, 3.8) is 0 Å². The van der Waals surface area contributed by atoms with Crippen LogP contribution in [-0.2, 0) is 14.4 Å². The third-order valence-electron chi connectivity index (χ3n) is 6.42. The Morgan fingerprint density at radius 2 is 1.82 bits per heavy atom. The van der Waals surface area contributed by atoms with Crippen LogP contribution in [0.15, 0.2) is 90.5 Å². The molecule has 3 N–H and O–H groups in total. The molecule has 1 unspecified atom stereocenters. The number of aromatic nitrogens is 1. The van der Waals surface area contributed by atoms with Gasteiger partial charge >= 0.3 is 0 Å². The summed E-state index contributed by atoms with van der Waals surface area (Å²) in [4.78, 5) is 48.1. The molecule has 4 rings (SSSR count). The summed E-state index contributed by atoms with van der Waals surface area (Å²) in [6.07, 6.45) is 8.68. The highest BCUT2D eigenvalue weighted by Crippen LogP contribution is 2.27. The first-order valence-corrected chi connectivity index (χ1v) is 12.9. The molecule has 0 saturated carbocycles. The summed E-state index contributed by atoms with van der Waals surface area (Å²) in [5.74, 6) is -0.504. The zero-order chi connectivity index (χ0) is 28.5. The Balaban J connectivity index is 1.56. The largest absolute Gasteiger partial charge is 0.501 e. The predicted molar refractivity (Wildman–Crippen MR) is 150 cm³/mol. The maximum Gasteiger partial charge on any atom is 0.252 e. The lowest BCUT2D eigenvalue weighted by Crippen LogP contribution is -2.32. The zero-order valence-electron chi connectivity index (χ0n) is 21.7. The number of hydrogen-bond acceptors (Lipinski definition) is 7. The SMILES string of the molecule is COC1=CC=C(C(=O)Nc2cc(C(=O)c3ccccc3C(=O)NC(COO)c3cccnc3)ccc2Cl)CCC1. The minimum atomic E-state index is -0.709. The summed E-state index contributed by atoms with van der Waals surface area (Å²) in [6.45, 7) is -0.215. The number of pyridine rings is 1. The van der Waals surface area contributed by atoms with Crippen molar-refractivity contribution in [1.29, 1.82) is 0 Å². The quantitative estimate of drug-likeness (QED) is 0.169. The molecule has 0 radical (unpaired) electrons. The average Bonchev–Trinajstić information content (AvgIpc) is 3.24. The number of benzene rings is 2. The van der Waals surface area contributed by atoms with Crippen LogP contribution in [0.25, 0.3) is 0 Å². The van der Waals surface area contributed by atoms with Crippen molar-refractivity contribution in [2.45, 2.75) is 25.3 Å². The van der Waals surface area contributed by atoms with E-state index in [0.29, 0.717) is 17.6 Å². The van der Waals surface area contributed by atoms with Crippen LogP contribution in [0, 0.1) is 0 Å². The fourth-order valence-electron chi connectivity index (χ4n) is 4.29. The van der Waals surface area contributed by atoms with Crippen molar-refractivity contribution < 1.29 is 29.3 Å². The van der Waals surface area contributed by atoms with Crippen molar-refractivity contribution in [1.82, 2.24) is 10.3 Å². The summed E-state index contributed by atoms with van der Waals surface area (Å²) in [7, 11) is 1.59. The second kappa shape index (κ2) is 13.7. The van der Waals surface area contributed by atoms with E-state index in [1.807, 2.05) is 0 Å². The summed E-state index contributed by atoms with van der Waals surface area (Å²) in [5, 5.41) is 14.9. The van der Waals surface area contributed by atoms with E-state index in [-0.39, 0.29) is 39.9 Å². The summed E-state index contributed by atoms with van der Waals surface area (Å²) < 4.78 is 5.28. The number of amides is 2. The molecule has 9 nitrogen and oxygen atoms in total. The standard InChI is InChI=1S/C30H28ClN3O6/c1-39-22-8-4-6-19(11-13-22)29(36)33-26-16-20(12-14-25(26)31)28(35)23-9-2-3-10-24(23)30(37)34-27(18-40-38)21-7-5-15-32-17-21/h2-3,5,7,9-17,27,38H,4,6,8,18H2,1H3,(H,33,36)(H,34,37). The summed E-state index contributed by atoms with van der Waals surface area (Å²) >= 11 is 6.36. The number of rotatable bonds is 10. The van der Waals surface area contributed by atoms with Crippen molar-refractivity contribution in [2.24, 2.45) is 0 Å². The van der Waals surface area contributed by atoms with Gasteiger partial charge in [-0.25, -0.2) is 4.89 Å². The number of halogens is 1. The molecular formula is C30H28ClN3O6. The van der Waals surface area contributed by atoms with E-state index in [4.69, 9.17) is 21.6 Å². The Morgan fingerprint density at radius 3 is 2.55 bits per heavy atom. The highest BCUT2D eigenvalue weighted by atomic mass is 35.5. The highest BCUT2D eigenvalue weighted by Gasteiger charge is 2.23. The number of nitrogens with zero attached hydrogens (tertiary/aromatic N) is 1. The molecule has 3 aromatic rings. The fourth-order valence-corrected chi connectivity index (χ4v) is 4.45. The van der Waals surface area contributed by atoms with E-state index in [1.54, 1.807) is 62.0 Å². The maximum absolute atomic E-state index is 13.6. The van der Waals surface area contributed by atoms with Crippen molar-refractivity contribution in [3.05, 3.63) is 118 Å². The van der Waals surface area contributed by atoms with Crippen LogP contribution in [-0.4, -0.2) is 41.6 Å². The fraction of sp³-hybridized carbons (Fsp3) is 0.200. The summed E-state index contributed by atoms with van der Waals surface area (Å²) in [5.41, 5.74) is 1.97. The van der Waals surface area contributed by atoms with E-state index >= 15 is 0 Å². The molecule has 0 spiro atoms. The van der Waals surface area contributed by atoms with Crippen LogP contribution < -0.4 is 10.6 Å². The first-order chi connectivity index (χ1) is 19.4. The maximum atomic E-state index is 13.6. The topological polar surface area (TPSA) is 127 Å². The predicted octanol–water partition coefficient (Wildman–Crippen LogP) is 5.51. The van der Waals surface area contributed by atoms with E-state index in [9.17, 15) is 14.4 Å². The lowest BCUT2D eigenvalue weighted by atomic mass is 9.97. The molecule has 10 heteroatoms. The third kappa shape index (κ3) is 7.01. The lowest BCUT2D eigenvalue weighted by Gasteiger charge is -2.18. The number of carbonyl (C=O) groups is 3. The van der Waals surface area contributed by atoms with Gasteiger partial charge in [-0.15, -0.1) is 0 Å². The molecule has 0 aliphatic heterocycles. The zero-order valence-corrected chi connectivity index (χ0v) is 22.5. The number of hydrogen-bond donors (Lipinski definition) is 3. The minimum absolute atomic E-state index is 0.129. The van der Waals surface area contributed by atoms with Crippen LogP contribution in [0.1, 0.15) is 57.1 Å². The van der Waals surface area contributed by atoms with Gasteiger partial charge < -0.3 is 15.4 Å². The number of ketones is 1. The molecule has 0 saturated heterocycles. The number of allylic oxidation sites excluding steroid dienone is 3. The number of nitrogens with one attached hydrogen (secondary N) is 2. The number of anilines is 1. The molecule has 0 fully saturated rings. The Kier molecular flexibility index (Phi) is 9.80. The molecule has 1 aliphatic carbocycles. The third-order valence-corrected chi connectivity index (χ3v) is 6.75. The molecule has 2 aromatic carbocycles. The van der Waals surface area contributed by atoms with E-state index in [1.165, 1.54) is 24.3 Å². The Labute approximate surface area is 236 Å². The van der Waals surface area contributed by atoms with Gasteiger partial charge in [-0.1, -0.05) is 41.9 Å². The van der Waals surface area contributed by atoms with Crippen LogP contribution in [0.5, 0.6) is 0 Å². The Morgan fingerprint density at radius 1 is 1.02 bits per heavy atom.